The number of nitrogens with zero attached hydrogens (tertiary/aromatic N) is 1. The van der Waals surface area contributed by atoms with E-state index in [0.717, 1.165) is 3.79 Å². The zero-order valence-electron chi connectivity index (χ0n) is 6.67. The normalized spacial score (nSPS) is 11.6. The fourth-order valence-electron chi connectivity index (χ4n) is 0.740. The van der Waals surface area contributed by atoms with Gasteiger partial charge in [-0.15, -0.1) is 11.3 Å². The van der Waals surface area contributed by atoms with E-state index >= 15 is 0 Å². The Hall–Kier alpha value is -0.420. The highest BCUT2D eigenvalue weighted by Crippen LogP contribution is 2.31. The summed E-state index contributed by atoms with van der Waals surface area (Å²) in [5, 5.41) is 8.88. The third-order valence-corrected chi connectivity index (χ3v) is 3.20. The molecule has 0 atom stereocenters. The van der Waals surface area contributed by atoms with Crippen molar-refractivity contribution in [1.82, 2.24) is 4.98 Å². The standard InChI is InChI=1S/C7H8BrNO2S/c1-7(2,6(10)11)4-5(8)12-3-9-4/h3H,1-2H3,(H,10,11). The van der Waals surface area contributed by atoms with Crippen molar-refractivity contribution < 1.29 is 9.90 Å². The molecule has 1 aromatic rings. The number of carboxylic acid groups (broad SMARTS) is 1. The van der Waals surface area contributed by atoms with E-state index in [1.807, 2.05) is 0 Å². The van der Waals surface area contributed by atoms with Crippen LogP contribution in [-0.2, 0) is 10.2 Å². The summed E-state index contributed by atoms with van der Waals surface area (Å²) < 4.78 is 0.787. The molecular weight excluding hydrogens is 242 g/mol. The summed E-state index contributed by atoms with van der Waals surface area (Å²) in [5.74, 6) is -0.867. The Balaban J connectivity index is 3.13. The van der Waals surface area contributed by atoms with Crippen molar-refractivity contribution in [2.75, 3.05) is 0 Å². The highest BCUT2D eigenvalue weighted by molar-refractivity contribution is 9.11. The van der Waals surface area contributed by atoms with E-state index in [4.69, 9.17) is 5.11 Å². The maximum Gasteiger partial charge on any atom is 0.315 e. The predicted octanol–water partition coefficient (Wildman–Crippen LogP) is 2.27. The van der Waals surface area contributed by atoms with Gasteiger partial charge in [-0.1, -0.05) is 0 Å². The smallest absolute Gasteiger partial charge is 0.315 e. The first kappa shape index (κ1) is 9.67. The third kappa shape index (κ3) is 1.51. The predicted molar refractivity (Wildman–Crippen MR) is 50.5 cm³/mol. The van der Waals surface area contributed by atoms with E-state index < -0.39 is 11.4 Å². The molecule has 0 radical (unpaired) electrons. The van der Waals surface area contributed by atoms with Crippen LogP contribution < -0.4 is 0 Å². The lowest BCUT2D eigenvalue weighted by molar-refractivity contribution is -0.142. The van der Waals surface area contributed by atoms with E-state index in [-0.39, 0.29) is 0 Å². The van der Waals surface area contributed by atoms with Gasteiger partial charge in [0.2, 0.25) is 0 Å². The van der Waals surface area contributed by atoms with Crippen LogP contribution in [0.5, 0.6) is 0 Å². The molecule has 0 saturated heterocycles. The zero-order valence-corrected chi connectivity index (χ0v) is 9.07. The van der Waals surface area contributed by atoms with Crippen LogP contribution in [0, 0.1) is 0 Å². The molecule has 5 heteroatoms. The van der Waals surface area contributed by atoms with Crippen LogP contribution >= 0.6 is 27.3 Å². The van der Waals surface area contributed by atoms with Gasteiger partial charge in [0.05, 0.1) is 15.0 Å². The summed E-state index contributed by atoms with van der Waals surface area (Å²) in [6, 6.07) is 0. The summed E-state index contributed by atoms with van der Waals surface area (Å²) in [6.07, 6.45) is 0. The van der Waals surface area contributed by atoms with E-state index in [1.54, 1.807) is 19.4 Å². The van der Waals surface area contributed by atoms with Crippen LogP contribution in [0.2, 0.25) is 0 Å². The Bertz CT molecular complexity index is 308. The van der Waals surface area contributed by atoms with Crippen molar-refractivity contribution in [3.8, 4) is 0 Å². The van der Waals surface area contributed by atoms with Crippen molar-refractivity contribution in [2.24, 2.45) is 0 Å². The zero-order chi connectivity index (χ0) is 9.35. The minimum atomic E-state index is -0.918. The first-order valence-corrected chi connectivity index (χ1v) is 4.96. The fraction of sp³-hybridized carbons (Fsp3) is 0.429. The Morgan fingerprint density at radius 3 is 2.67 bits per heavy atom. The molecule has 1 aromatic heterocycles. The number of aliphatic carboxylic acids is 1. The summed E-state index contributed by atoms with van der Waals surface area (Å²) in [5.41, 5.74) is 1.29. The fourth-order valence-corrected chi connectivity index (χ4v) is 2.26. The largest absolute Gasteiger partial charge is 0.481 e. The quantitative estimate of drug-likeness (QED) is 0.875. The molecule has 0 saturated carbocycles. The van der Waals surface area contributed by atoms with Crippen molar-refractivity contribution in [3.05, 3.63) is 15.0 Å². The van der Waals surface area contributed by atoms with Gasteiger partial charge in [-0.05, 0) is 29.8 Å². The van der Waals surface area contributed by atoms with Gasteiger partial charge in [-0.3, -0.25) is 4.79 Å². The molecule has 0 fully saturated rings. The molecule has 1 heterocycles. The lowest BCUT2D eigenvalue weighted by Crippen LogP contribution is -2.29. The minimum Gasteiger partial charge on any atom is -0.481 e. The topological polar surface area (TPSA) is 50.2 Å². The van der Waals surface area contributed by atoms with E-state index in [1.165, 1.54) is 11.3 Å². The number of thiazole rings is 1. The van der Waals surface area contributed by atoms with Gasteiger partial charge in [-0.25, -0.2) is 4.98 Å². The first-order valence-electron chi connectivity index (χ1n) is 3.29. The number of carboxylic acids is 1. The number of carbonyl (C=O) groups is 1. The molecule has 0 aliphatic heterocycles. The second kappa shape index (κ2) is 3.14. The Kier molecular flexibility index (Phi) is 2.53. The van der Waals surface area contributed by atoms with Crippen LogP contribution in [0.4, 0.5) is 0 Å². The van der Waals surface area contributed by atoms with Crippen LogP contribution in [0.25, 0.3) is 0 Å². The van der Waals surface area contributed by atoms with Gasteiger partial charge in [0.25, 0.3) is 0 Å². The number of rotatable bonds is 2. The average molecular weight is 250 g/mol. The van der Waals surface area contributed by atoms with Crippen molar-refractivity contribution in [1.29, 1.82) is 0 Å². The molecule has 12 heavy (non-hydrogen) atoms. The molecule has 0 aliphatic rings. The lowest BCUT2D eigenvalue weighted by atomic mass is 9.90. The maximum absolute atomic E-state index is 10.8. The molecule has 3 nitrogen and oxygen atoms in total. The summed E-state index contributed by atoms with van der Waals surface area (Å²) in [6.45, 7) is 3.27. The highest BCUT2D eigenvalue weighted by Gasteiger charge is 2.33. The first-order chi connectivity index (χ1) is 5.46. The van der Waals surface area contributed by atoms with Crippen molar-refractivity contribution >= 4 is 33.2 Å². The van der Waals surface area contributed by atoms with Gasteiger partial charge in [0, 0.05) is 0 Å². The Morgan fingerprint density at radius 2 is 2.33 bits per heavy atom. The van der Waals surface area contributed by atoms with Gasteiger partial charge in [0.1, 0.15) is 5.41 Å². The summed E-state index contributed by atoms with van der Waals surface area (Å²) >= 11 is 4.65. The number of hydrogen-bond acceptors (Lipinski definition) is 3. The average Bonchev–Trinajstić information content (AvgIpc) is 2.35. The minimum absolute atomic E-state index is 0.583. The molecule has 0 unspecified atom stereocenters. The van der Waals surface area contributed by atoms with Crippen LogP contribution in [0.15, 0.2) is 9.30 Å². The van der Waals surface area contributed by atoms with Gasteiger partial charge in [0.15, 0.2) is 0 Å². The molecule has 0 aliphatic carbocycles. The molecule has 0 spiro atoms. The second-order valence-electron chi connectivity index (χ2n) is 2.90. The summed E-state index contributed by atoms with van der Waals surface area (Å²) in [4.78, 5) is 14.8. The van der Waals surface area contributed by atoms with Crippen LogP contribution in [-0.4, -0.2) is 16.1 Å². The van der Waals surface area contributed by atoms with E-state index in [0.29, 0.717) is 5.69 Å². The monoisotopic (exact) mass is 249 g/mol. The third-order valence-electron chi connectivity index (χ3n) is 1.65. The van der Waals surface area contributed by atoms with Crippen molar-refractivity contribution in [3.63, 3.8) is 0 Å². The molecule has 66 valence electrons. The highest BCUT2D eigenvalue weighted by atomic mass is 79.9. The summed E-state index contributed by atoms with van der Waals surface area (Å²) in [7, 11) is 0. The Labute approximate surface area is 82.6 Å². The van der Waals surface area contributed by atoms with Gasteiger partial charge >= 0.3 is 5.97 Å². The van der Waals surface area contributed by atoms with Gasteiger partial charge in [-0.2, -0.15) is 0 Å². The maximum atomic E-state index is 10.8. The van der Waals surface area contributed by atoms with E-state index in [2.05, 4.69) is 20.9 Å². The molecule has 0 amide bonds. The number of aromatic nitrogens is 1. The second-order valence-corrected chi connectivity index (χ2v) is 5.08. The molecular formula is C7H8BrNO2S. The Morgan fingerprint density at radius 1 is 1.75 bits per heavy atom. The van der Waals surface area contributed by atoms with Gasteiger partial charge < -0.3 is 5.11 Å². The SMILES string of the molecule is CC(C)(C(=O)O)c1ncsc1Br. The molecule has 1 rings (SSSR count). The van der Waals surface area contributed by atoms with Crippen LogP contribution in [0.3, 0.4) is 0 Å². The van der Waals surface area contributed by atoms with Crippen molar-refractivity contribution in [2.45, 2.75) is 19.3 Å². The van der Waals surface area contributed by atoms with E-state index in [9.17, 15) is 4.79 Å². The molecule has 0 bridgehead atoms. The lowest BCUT2D eigenvalue weighted by Gasteiger charge is -2.16. The van der Waals surface area contributed by atoms with Crippen LogP contribution in [0.1, 0.15) is 19.5 Å². The molecule has 0 aromatic carbocycles. The number of halogens is 1. The number of hydrogen-bond donors (Lipinski definition) is 1. The molecule has 1 N–H and O–H groups in total.